The SMILES string of the molecule is CC[N+]1=C(C(C)C)C(C)(C)c2cc(SOOO)ccc21. The van der Waals surface area contributed by atoms with Crippen LogP contribution in [-0.2, 0) is 14.8 Å². The van der Waals surface area contributed by atoms with E-state index in [-0.39, 0.29) is 5.41 Å². The largest absolute Gasteiger partial charge is 0.220 e. The summed E-state index contributed by atoms with van der Waals surface area (Å²) in [7, 11) is 0. The summed E-state index contributed by atoms with van der Waals surface area (Å²) in [5.74, 6) is 0.491. The van der Waals surface area contributed by atoms with Crippen LogP contribution in [0.4, 0.5) is 5.69 Å². The fourth-order valence-corrected chi connectivity index (χ4v) is 3.74. The second kappa shape index (κ2) is 5.85. The molecule has 0 aromatic heterocycles. The molecule has 1 aliphatic rings. The molecule has 1 heterocycles. The molecule has 0 saturated heterocycles. The average Bonchev–Trinajstić information content (AvgIpc) is 2.63. The quantitative estimate of drug-likeness (QED) is 0.383. The van der Waals surface area contributed by atoms with Crippen molar-refractivity contribution < 1.29 is 19.2 Å². The monoisotopic (exact) mass is 296 g/mol. The summed E-state index contributed by atoms with van der Waals surface area (Å²) in [4.78, 5) is 0.909. The molecule has 5 heteroatoms. The number of nitrogens with zero attached hydrogens (tertiary/aromatic N) is 1. The summed E-state index contributed by atoms with van der Waals surface area (Å²) in [6.45, 7) is 12.1. The van der Waals surface area contributed by atoms with Crippen LogP contribution >= 0.6 is 12.0 Å². The van der Waals surface area contributed by atoms with Crippen LogP contribution in [0, 0.1) is 5.92 Å². The maximum Gasteiger partial charge on any atom is 0.209 e. The zero-order valence-corrected chi connectivity index (χ0v) is 13.5. The summed E-state index contributed by atoms with van der Waals surface area (Å²) >= 11 is 1.01. The van der Waals surface area contributed by atoms with Crippen molar-refractivity contribution in [3.8, 4) is 0 Å². The van der Waals surface area contributed by atoms with Crippen LogP contribution < -0.4 is 0 Å². The molecule has 0 amide bonds. The molecule has 20 heavy (non-hydrogen) atoms. The van der Waals surface area contributed by atoms with E-state index in [1.54, 1.807) is 0 Å². The van der Waals surface area contributed by atoms with Crippen molar-refractivity contribution >= 4 is 23.4 Å². The highest BCUT2D eigenvalue weighted by Gasteiger charge is 2.46. The lowest BCUT2D eigenvalue weighted by atomic mass is 9.77. The van der Waals surface area contributed by atoms with E-state index >= 15 is 0 Å². The molecule has 0 saturated carbocycles. The molecule has 1 aromatic rings. The first-order valence-electron chi connectivity index (χ1n) is 6.87. The Bertz CT molecular complexity index is 538. The Morgan fingerprint density at radius 3 is 2.60 bits per heavy atom. The van der Waals surface area contributed by atoms with E-state index in [0.717, 1.165) is 23.5 Å². The van der Waals surface area contributed by atoms with E-state index in [0.29, 0.717) is 5.92 Å². The van der Waals surface area contributed by atoms with E-state index < -0.39 is 0 Å². The van der Waals surface area contributed by atoms with Crippen molar-refractivity contribution in [3.63, 3.8) is 0 Å². The van der Waals surface area contributed by atoms with E-state index in [9.17, 15) is 0 Å². The van der Waals surface area contributed by atoms with Gasteiger partial charge in [-0.1, -0.05) is 18.9 Å². The number of hydrogen-bond acceptors (Lipinski definition) is 4. The van der Waals surface area contributed by atoms with Crippen molar-refractivity contribution in [3.05, 3.63) is 23.8 Å². The average molecular weight is 296 g/mol. The van der Waals surface area contributed by atoms with Gasteiger partial charge in [0.2, 0.25) is 5.69 Å². The number of benzene rings is 1. The van der Waals surface area contributed by atoms with Crippen molar-refractivity contribution in [2.24, 2.45) is 5.92 Å². The third-order valence-corrected chi connectivity index (χ3v) is 4.46. The molecule has 0 unspecified atom stereocenters. The fourth-order valence-electron chi connectivity index (χ4n) is 3.34. The van der Waals surface area contributed by atoms with Gasteiger partial charge >= 0.3 is 0 Å². The van der Waals surface area contributed by atoms with Gasteiger partial charge in [-0.15, -0.1) is 4.33 Å². The second-order valence-corrected chi connectivity index (χ2v) is 6.59. The maximum atomic E-state index is 8.26. The van der Waals surface area contributed by atoms with Crippen LogP contribution in [0.5, 0.6) is 0 Å². The number of rotatable bonds is 5. The second-order valence-electron chi connectivity index (χ2n) is 5.81. The Kier molecular flexibility index (Phi) is 4.54. The van der Waals surface area contributed by atoms with Crippen molar-refractivity contribution in [2.45, 2.75) is 44.9 Å². The van der Waals surface area contributed by atoms with Crippen LogP contribution in [0.1, 0.15) is 40.2 Å². The molecule has 1 aliphatic heterocycles. The summed E-state index contributed by atoms with van der Waals surface area (Å²) < 4.78 is 6.93. The zero-order valence-electron chi connectivity index (χ0n) is 12.6. The Hall–Kier alpha value is -0.880. The van der Waals surface area contributed by atoms with Crippen LogP contribution in [0.15, 0.2) is 23.1 Å². The van der Waals surface area contributed by atoms with Crippen LogP contribution in [0.2, 0.25) is 0 Å². The molecule has 4 nitrogen and oxygen atoms in total. The van der Waals surface area contributed by atoms with E-state index in [1.807, 2.05) is 6.07 Å². The Balaban J connectivity index is 2.49. The molecule has 0 fully saturated rings. The van der Waals surface area contributed by atoms with Gasteiger partial charge in [0.05, 0.1) is 17.5 Å². The smallest absolute Gasteiger partial charge is 0.209 e. The molecule has 0 aliphatic carbocycles. The summed E-state index contributed by atoms with van der Waals surface area (Å²) in [5, 5.41) is 11.9. The maximum absolute atomic E-state index is 8.26. The number of hydrogen-bond donors (Lipinski definition) is 1. The van der Waals surface area contributed by atoms with Gasteiger partial charge < -0.3 is 0 Å². The van der Waals surface area contributed by atoms with Gasteiger partial charge in [0.25, 0.3) is 0 Å². The van der Waals surface area contributed by atoms with Gasteiger partial charge in [-0.3, -0.25) is 0 Å². The first kappa shape index (κ1) is 15.5. The van der Waals surface area contributed by atoms with E-state index in [2.05, 4.69) is 60.7 Å². The molecule has 0 spiro atoms. The molecule has 0 atom stereocenters. The van der Waals surface area contributed by atoms with Crippen molar-refractivity contribution in [1.29, 1.82) is 0 Å². The van der Waals surface area contributed by atoms with Crippen LogP contribution in [0.25, 0.3) is 0 Å². The molecule has 1 N–H and O–H groups in total. The summed E-state index contributed by atoms with van der Waals surface area (Å²) in [6.07, 6.45) is 0. The van der Waals surface area contributed by atoms with Crippen LogP contribution in [-0.4, -0.2) is 22.1 Å². The van der Waals surface area contributed by atoms with Gasteiger partial charge in [-0.25, -0.2) is 5.26 Å². The minimum Gasteiger partial charge on any atom is -0.220 e. The van der Waals surface area contributed by atoms with Crippen molar-refractivity contribution in [1.82, 2.24) is 0 Å². The van der Waals surface area contributed by atoms with Crippen LogP contribution in [0.3, 0.4) is 0 Å². The number of fused-ring (bicyclic) bond motifs is 1. The predicted molar refractivity (Wildman–Crippen MR) is 80.4 cm³/mol. The molecular formula is C15H22NO3S+. The standard InChI is InChI=1S/C15H21NO3S/c1-6-16-13-8-7-11(20-19-18-17)9-12(13)15(4,5)14(16)10(2)3/h7-10H,6H2,1-5H3/p+1. The van der Waals surface area contributed by atoms with E-state index in [1.165, 1.54) is 17.0 Å². The third-order valence-electron chi connectivity index (χ3n) is 3.89. The molecule has 110 valence electrons. The fraction of sp³-hybridized carbons (Fsp3) is 0.533. The summed E-state index contributed by atoms with van der Waals surface area (Å²) in [6, 6.07) is 6.20. The summed E-state index contributed by atoms with van der Waals surface area (Å²) in [5.41, 5.74) is 3.98. The van der Waals surface area contributed by atoms with Gasteiger partial charge in [0, 0.05) is 22.4 Å². The molecule has 1 aromatic carbocycles. The predicted octanol–water partition coefficient (Wildman–Crippen LogP) is 4.17. The minimum absolute atomic E-state index is 0.00382. The van der Waals surface area contributed by atoms with Gasteiger partial charge in [-0.05, 0) is 32.9 Å². The third kappa shape index (κ3) is 2.51. The lowest BCUT2D eigenvalue weighted by Crippen LogP contribution is -2.33. The highest BCUT2D eigenvalue weighted by Crippen LogP contribution is 2.43. The highest BCUT2D eigenvalue weighted by molar-refractivity contribution is 7.94. The highest BCUT2D eigenvalue weighted by atomic mass is 32.2. The molecule has 2 rings (SSSR count). The molecular weight excluding hydrogens is 274 g/mol. The lowest BCUT2D eigenvalue weighted by Gasteiger charge is -2.20. The normalized spacial score (nSPS) is 16.9. The zero-order chi connectivity index (χ0) is 14.9. The topological polar surface area (TPSA) is 41.7 Å². The molecule has 0 bridgehead atoms. The lowest BCUT2D eigenvalue weighted by molar-refractivity contribution is -0.436. The Morgan fingerprint density at radius 2 is 2.05 bits per heavy atom. The van der Waals surface area contributed by atoms with Gasteiger partial charge in [-0.2, -0.15) is 4.58 Å². The van der Waals surface area contributed by atoms with Gasteiger partial charge in [0.15, 0.2) is 5.71 Å². The Morgan fingerprint density at radius 1 is 1.35 bits per heavy atom. The Labute approximate surface area is 124 Å². The van der Waals surface area contributed by atoms with E-state index in [4.69, 9.17) is 5.26 Å². The first-order chi connectivity index (χ1) is 9.43. The van der Waals surface area contributed by atoms with Crippen molar-refractivity contribution in [2.75, 3.05) is 6.54 Å². The van der Waals surface area contributed by atoms with Gasteiger partial charge in [0.1, 0.15) is 6.54 Å². The first-order valence-corrected chi connectivity index (χ1v) is 7.61. The molecule has 0 radical (unpaired) electrons. The minimum atomic E-state index is -0.00382.